The Kier molecular flexibility index (Phi) is 16.9. The van der Waals surface area contributed by atoms with Crippen molar-refractivity contribution in [3.05, 3.63) is 91.7 Å². The Labute approximate surface area is 401 Å². The number of rotatable bonds is 12. The predicted molar refractivity (Wildman–Crippen MR) is 263 cm³/mol. The SMILES string of the molecule is Cc1cn([C@H]2O[C@@H](CO)C(O)[C@H]2F)c(=S)nc1Oc1c(C)cccc1C.Cc1cn([C@H]2O[C@@H](CO[Si](C)(C)C(C)(C)C)C(O[Si](C)(C)C(C)(C)C)[C@H]2F)c(=S)nc1Oc1c(C)cccc1C. The number of halogens is 2. The fourth-order valence-electron chi connectivity index (χ4n) is 7.08. The number of alkyl halides is 2. The topological polar surface area (TPSA) is 131 Å². The molecule has 6 rings (SSSR count). The van der Waals surface area contributed by atoms with E-state index in [1.54, 1.807) is 23.9 Å². The third-order valence-corrected chi connectivity index (χ3v) is 22.9. The average Bonchev–Trinajstić information content (AvgIpc) is 3.67. The summed E-state index contributed by atoms with van der Waals surface area (Å²) in [4.78, 5) is 8.83. The van der Waals surface area contributed by atoms with E-state index in [2.05, 4.69) is 77.7 Å². The Morgan fingerprint density at radius 3 is 1.42 bits per heavy atom. The van der Waals surface area contributed by atoms with Crippen LogP contribution in [0.5, 0.6) is 23.3 Å². The molecule has 4 heterocycles. The Hall–Kier alpha value is -3.31. The lowest BCUT2D eigenvalue weighted by atomic mass is 10.1. The molecule has 364 valence electrons. The van der Waals surface area contributed by atoms with Gasteiger partial charge in [-0.2, -0.15) is 9.97 Å². The fourth-order valence-corrected chi connectivity index (χ4v) is 9.89. The average molecular weight is 989 g/mol. The van der Waals surface area contributed by atoms with Gasteiger partial charge in [0.15, 0.2) is 41.4 Å². The molecule has 2 aliphatic rings. The molecule has 2 unspecified atom stereocenters. The summed E-state index contributed by atoms with van der Waals surface area (Å²) in [5, 5.41) is 18.9. The van der Waals surface area contributed by atoms with Crippen LogP contribution in [0.25, 0.3) is 0 Å². The summed E-state index contributed by atoms with van der Waals surface area (Å²) < 4.78 is 71.1. The highest BCUT2D eigenvalue weighted by atomic mass is 32.1. The van der Waals surface area contributed by atoms with Crippen molar-refractivity contribution >= 4 is 41.1 Å². The van der Waals surface area contributed by atoms with Crippen LogP contribution in [0.2, 0.25) is 36.3 Å². The molecule has 0 spiro atoms. The van der Waals surface area contributed by atoms with E-state index in [1.165, 1.54) is 4.57 Å². The third-order valence-electron chi connectivity index (χ3n) is 13.3. The number of nitrogens with zero attached hydrogens (tertiary/aromatic N) is 4. The number of ether oxygens (including phenoxy) is 4. The number of aromatic nitrogens is 4. The number of aliphatic hydroxyl groups is 2. The van der Waals surface area contributed by atoms with Crippen molar-refractivity contribution in [1.82, 2.24) is 19.1 Å². The molecule has 0 amide bonds. The van der Waals surface area contributed by atoms with Gasteiger partial charge < -0.3 is 38.0 Å². The molecule has 2 aliphatic heterocycles. The second-order valence-corrected chi connectivity index (χ2v) is 30.9. The largest absolute Gasteiger partial charge is 0.438 e. The van der Waals surface area contributed by atoms with Crippen molar-refractivity contribution < 1.29 is 46.8 Å². The van der Waals surface area contributed by atoms with Gasteiger partial charge in [-0.05, 0) is 124 Å². The Morgan fingerprint density at radius 1 is 0.652 bits per heavy atom. The van der Waals surface area contributed by atoms with Crippen LogP contribution < -0.4 is 9.47 Å². The molecule has 4 aromatic rings. The lowest BCUT2D eigenvalue weighted by molar-refractivity contribution is -0.0485. The molecule has 2 saturated heterocycles. The summed E-state index contributed by atoms with van der Waals surface area (Å²) in [5.41, 5.74) is 5.30. The molecule has 12 nitrogen and oxygen atoms in total. The predicted octanol–water partition coefficient (Wildman–Crippen LogP) is 11.9. The van der Waals surface area contributed by atoms with E-state index in [4.69, 9.17) is 52.2 Å². The lowest BCUT2D eigenvalue weighted by Gasteiger charge is -2.40. The molecule has 0 saturated carbocycles. The number of aliphatic hydroxyl groups excluding tert-OH is 2. The number of hydrogen-bond donors (Lipinski definition) is 2. The highest BCUT2D eigenvalue weighted by Crippen LogP contribution is 2.44. The summed E-state index contributed by atoms with van der Waals surface area (Å²) in [6, 6.07) is 11.8. The maximum atomic E-state index is 16.4. The van der Waals surface area contributed by atoms with Crippen LogP contribution in [-0.4, -0.2) is 95.9 Å². The normalized spacial score (nSPS) is 23.7. The van der Waals surface area contributed by atoms with E-state index in [1.807, 2.05) is 71.0 Å². The van der Waals surface area contributed by atoms with Gasteiger partial charge in [-0.3, -0.25) is 9.13 Å². The number of para-hydroxylation sites is 2. The zero-order chi connectivity index (χ0) is 49.4. The molecule has 0 radical (unpaired) electrons. The van der Waals surface area contributed by atoms with E-state index < -0.39 is 72.5 Å². The first kappa shape index (κ1) is 53.6. The molecule has 0 aliphatic carbocycles. The van der Waals surface area contributed by atoms with Crippen molar-refractivity contribution in [2.45, 2.75) is 169 Å². The summed E-state index contributed by atoms with van der Waals surface area (Å²) in [6.45, 7) is 33.0. The maximum absolute atomic E-state index is 16.4. The lowest BCUT2D eigenvalue weighted by Crippen LogP contribution is -2.50. The van der Waals surface area contributed by atoms with Gasteiger partial charge in [0.25, 0.3) is 0 Å². The molecular weight excluding hydrogens is 919 g/mol. The quantitative estimate of drug-likeness (QED) is 0.103. The highest BCUT2D eigenvalue weighted by molar-refractivity contribution is 7.71. The van der Waals surface area contributed by atoms with Crippen LogP contribution >= 0.6 is 24.4 Å². The molecule has 18 heteroatoms. The minimum atomic E-state index is -2.32. The van der Waals surface area contributed by atoms with Crippen LogP contribution in [-0.2, 0) is 18.3 Å². The first-order chi connectivity index (χ1) is 30.5. The number of hydrogen-bond acceptors (Lipinski definition) is 12. The van der Waals surface area contributed by atoms with Gasteiger partial charge in [0.05, 0.1) is 13.2 Å². The van der Waals surface area contributed by atoms with Crippen molar-refractivity contribution in [2.75, 3.05) is 13.2 Å². The van der Waals surface area contributed by atoms with Crippen LogP contribution in [0.3, 0.4) is 0 Å². The van der Waals surface area contributed by atoms with Crippen molar-refractivity contribution in [1.29, 1.82) is 0 Å². The standard InChI is InChI=1S/C30H49FN2O4SSi2.C18H21FN2O4S/c1-19-15-14-16-20(2)24(19)36-26-21(3)17-33(28(38)32-26)27-23(31)25(37-40(12,13)30(7,8)9)22(35-27)18-34-39(10,11)29(4,5)6;1-9-5-4-6-10(2)15(9)25-16-11(3)7-21(18(26)20-16)17-13(19)14(23)12(8-22)24-17/h14-17,22-23,25,27H,18H2,1-13H3;4-7,12-14,17,22-23H,8H2,1-3H3/t22-,23+,25?,27-;12-,13+,14?,17-/m00/s1. The highest BCUT2D eigenvalue weighted by Gasteiger charge is 2.52. The van der Waals surface area contributed by atoms with Crippen LogP contribution in [0, 0.1) is 51.1 Å². The third kappa shape index (κ3) is 11.7. The second kappa shape index (κ2) is 20.7. The van der Waals surface area contributed by atoms with Crippen molar-refractivity contribution in [3.8, 4) is 23.3 Å². The van der Waals surface area contributed by atoms with Gasteiger partial charge >= 0.3 is 0 Å². The molecule has 2 aromatic carbocycles. The molecule has 8 atom stereocenters. The van der Waals surface area contributed by atoms with Crippen molar-refractivity contribution in [2.24, 2.45) is 0 Å². The van der Waals surface area contributed by atoms with Gasteiger partial charge in [0.1, 0.15) is 35.9 Å². The Bertz CT molecular complexity index is 2440. The number of benzene rings is 2. The first-order valence-electron chi connectivity index (χ1n) is 22.4. The summed E-state index contributed by atoms with van der Waals surface area (Å²) in [6.07, 6.45) is -5.69. The summed E-state index contributed by atoms with van der Waals surface area (Å²) in [5.74, 6) is 2.18. The Morgan fingerprint density at radius 2 is 1.05 bits per heavy atom. The van der Waals surface area contributed by atoms with E-state index >= 15 is 4.39 Å². The molecule has 66 heavy (non-hydrogen) atoms. The van der Waals surface area contributed by atoms with Crippen LogP contribution in [0.1, 0.15) is 87.4 Å². The van der Waals surface area contributed by atoms with E-state index in [0.29, 0.717) is 23.1 Å². The zero-order valence-corrected chi connectivity index (χ0v) is 45.0. The first-order valence-corrected chi connectivity index (χ1v) is 29.0. The maximum Gasteiger partial charge on any atom is 0.226 e. The fraction of sp³-hybridized carbons (Fsp3) is 0.583. The van der Waals surface area contributed by atoms with Gasteiger partial charge in [-0.25, -0.2) is 8.78 Å². The molecule has 0 bridgehead atoms. The minimum Gasteiger partial charge on any atom is -0.438 e. The van der Waals surface area contributed by atoms with Gasteiger partial charge in [0.2, 0.25) is 21.3 Å². The van der Waals surface area contributed by atoms with Crippen molar-refractivity contribution in [3.63, 3.8) is 0 Å². The van der Waals surface area contributed by atoms with Gasteiger partial charge in [-0.1, -0.05) is 77.9 Å². The van der Waals surface area contributed by atoms with Crippen LogP contribution in [0.4, 0.5) is 8.78 Å². The molecule has 2 fully saturated rings. The number of aryl methyl sites for hydroxylation is 6. The zero-order valence-electron chi connectivity index (χ0n) is 41.4. The van der Waals surface area contributed by atoms with Gasteiger partial charge in [-0.15, -0.1) is 0 Å². The van der Waals surface area contributed by atoms with E-state index in [-0.39, 0.29) is 26.2 Å². The molecule has 2 N–H and O–H groups in total. The van der Waals surface area contributed by atoms with Gasteiger partial charge in [0, 0.05) is 23.5 Å². The molecular formula is C48H70F2N4O8S2Si2. The monoisotopic (exact) mass is 988 g/mol. The summed E-state index contributed by atoms with van der Waals surface area (Å²) >= 11 is 10.9. The van der Waals surface area contributed by atoms with Crippen LogP contribution in [0.15, 0.2) is 48.8 Å². The minimum absolute atomic E-state index is 0.0186. The summed E-state index contributed by atoms with van der Waals surface area (Å²) in [7, 11) is -4.42. The molecule has 2 aromatic heterocycles. The Balaban J connectivity index is 0.000000270. The second-order valence-electron chi connectivity index (χ2n) is 20.6. The van der Waals surface area contributed by atoms with E-state index in [9.17, 15) is 14.6 Å². The smallest absolute Gasteiger partial charge is 0.226 e. The van der Waals surface area contributed by atoms with E-state index in [0.717, 1.165) is 33.6 Å².